The van der Waals surface area contributed by atoms with Gasteiger partial charge in [-0.15, -0.1) is 11.3 Å². The number of nitrogens with zero attached hydrogens (tertiary/aromatic N) is 1. The van der Waals surface area contributed by atoms with Gasteiger partial charge in [-0.2, -0.15) is 0 Å². The summed E-state index contributed by atoms with van der Waals surface area (Å²) < 4.78 is 28.7. The van der Waals surface area contributed by atoms with Crippen LogP contribution in [0.4, 0.5) is 5.69 Å². The number of nitrogens with one attached hydrogen (secondary N) is 1. The maximum absolute atomic E-state index is 12.7. The molecule has 0 saturated carbocycles. The summed E-state index contributed by atoms with van der Waals surface area (Å²) in [5.41, 5.74) is 1.92. The molecule has 2 heterocycles. The molecular formula is C21H19Cl3N2O2S2. The minimum atomic E-state index is -3.54. The van der Waals surface area contributed by atoms with Crippen molar-refractivity contribution < 1.29 is 8.42 Å². The Bertz CT molecular complexity index is 1120. The highest BCUT2D eigenvalue weighted by atomic mass is 35.5. The highest BCUT2D eigenvalue weighted by Crippen LogP contribution is 2.40. The minimum absolute atomic E-state index is 0.0641. The molecule has 0 amide bonds. The molecule has 1 N–H and O–H groups in total. The molecule has 1 saturated heterocycles. The van der Waals surface area contributed by atoms with Crippen molar-refractivity contribution in [1.29, 1.82) is 0 Å². The van der Waals surface area contributed by atoms with Crippen LogP contribution in [0.5, 0.6) is 0 Å². The predicted octanol–water partition coefficient (Wildman–Crippen LogP) is 6.40. The van der Waals surface area contributed by atoms with E-state index < -0.39 is 10.0 Å². The highest BCUT2D eigenvalue weighted by molar-refractivity contribution is 7.91. The molecule has 0 bridgehead atoms. The Balaban J connectivity index is 1.64. The zero-order chi connectivity index (χ0) is 21.3. The fraction of sp³-hybridized carbons (Fsp3) is 0.238. The Morgan fingerprint density at radius 2 is 1.73 bits per heavy atom. The van der Waals surface area contributed by atoms with E-state index in [2.05, 4.69) is 9.62 Å². The standard InChI is InChI=1S/C21H19Cl3N2O2S2/c22-15-5-3-14(4-6-15)20-13-17(25-30(27,28)21-2-1-11-29-21)9-10-26(20)19-8-7-16(23)12-18(19)24/h1-8,11-12,17,20,25H,9-10,13H2. The van der Waals surface area contributed by atoms with Crippen LogP contribution in [0.3, 0.4) is 0 Å². The van der Waals surface area contributed by atoms with Crippen LogP contribution in [0.25, 0.3) is 0 Å². The topological polar surface area (TPSA) is 49.4 Å². The number of anilines is 1. The summed E-state index contributed by atoms with van der Waals surface area (Å²) in [6, 6.07) is 16.2. The summed E-state index contributed by atoms with van der Waals surface area (Å²) in [5.74, 6) is 0. The summed E-state index contributed by atoms with van der Waals surface area (Å²) in [6.45, 7) is 0.645. The van der Waals surface area contributed by atoms with Crippen LogP contribution in [0.1, 0.15) is 24.4 Å². The van der Waals surface area contributed by atoms with Crippen LogP contribution in [-0.4, -0.2) is 21.0 Å². The van der Waals surface area contributed by atoms with Gasteiger partial charge in [0.2, 0.25) is 10.0 Å². The number of rotatable bonds is 5. The molecule has 0 aliphatic carbocycles. The van der Waals surface area contributed by atoms with Gasteiger partial charge >= 0.3 is 0 Å². The number of piperidine rings is 1. The second-order valence-corrected chi connectivity index (χ2v) is 11.3. The van der Waals surface area contributed by atoms with Gasteiger partial charge in [-0.3, -0.25) is 0 Å². The van der Waals surface area contributed by atoms with E-state index in [0.717, 1.165) is 11.3 Å². The molecule has 3 aromatic rings. The van der Waals surface area contributed by atoms with Gasteiger partial charge in [-0.05, 0) is 60.2 Å². The minimum Gasteiger partial charge on any atom is -0.363 e. The average molecular weight is 502 g/mol. The third kappa shape index (κ3) is 4.79. The fourth-order valence-electron chi connectivity index (χ4n) is 3.77. The largest absolute Gasteiger partial charge is 0.363 e. The first-order chi connectivity index (χ1) is 14.3. The Labute approximate surface area is 195 Å². The van der Waals surface area contributed by atoms with Crippen molar-refractivity contribution in [3.05, 3.63) is 80.6 Å². The van der Waals surface area contributed by atoms with Gasteiger partial charge < -0.3 is 4.90 Å². The Kier molecular flexibility index (Phi) is 6.63. The number of thiophene rings is 1. The third-order valence-corrected chi connectivity index (χ3v) is 8.87. The molecule has 158 valence electrons. The van der Waals surface area contributed by atoms with Gasteiger partial charge in [0, 0.05) is 22.6 Å². The molecule has 2 unspecified atom stereocenters. The van der Waals surface area contributed by atoms with Crippen LogP contribution >= 0.6 is 46.1 Å². The van der Waals surface area contributed by atoms with Crippen molar-refractivity contribution in [3.63, 3.8) is 0 Å². The van der Waals surface area contributed by atoms with Gasteiger partial charge in [0.05, 0.1) is 16.8 Å². The van der Waals surface area contributed by atoms with Crippen molar-refractivity contribution in [3.8, 4) is 0 Å². The second kappa shape index (κ2) is 9.07. The van der Waals surface area contributed by atoms with Gasteiger partial charge in [0.1, 0.15) is 4.21 Å². The molecule has 0 radical (unpaired) electrons. The quantitative estimate of drug-likeness (QED) is 0.440. The maximum atomic E-state index is 12.7. The fourth-order valence-corrected chi connectivity index (χ4v) is 6.71. The van der Waals surface area contributed by atoms with E-state index in [0.29, 0.717) is 38.7 Å². The van der Waals surface area contributed by atoms with Crippen LogP contribution < -0.4 is 9.62 Å². The molecule has 1 aliphatic rings. The van der Waals surface area contributed by atoms with E-state index >= 15 is 0 Å². The van der Waals surface area contributed by atoms with Crippen molar-refractivity contribution in [2.24, 2.45) is 0 Å². The smallest absolute Gasteiger partial charge is 0.250 e. The number of hydrogen-bond acceptors (Lipinski definition) is 4. The van der Waals surface area contributed by atoms with Gasteiger partial charge in [0.25, 0.3) is 0 Å². The molecule has 30 heavy (non-hydrogen) atoms. The number of hydrogen-bond donors (Lipinski definition) is 1. The lowest BCUT2D eigenvalue weighted by Gasteiger charge is -2.41. The molecule has 1 aliphatic heterocycles. The lowest BCUT2D eigenvalue weighted by Crippen LogP contribution is -2.46. The Hall–Kier alpha value is -1.28. The van der Waals surface area contributed by atoms with E-state index in [1.165, 1.54) is 11.3 Å². The molecule has 9 heteroatoms. The number of halogens is 3. The zero-order valence-corrected chi connectivity index (χ0v) is 19.7. The summed E-state index contributed by atoms with van der Waals surface area (Å²) in [6.07, 6.45) is 1.26. The summed E-state index contributed by atoms with van der Waals surface area (Å²) in [7, 11) is -3.54. The van der Waals surface area contributed by atoms with E-state index in [4.69, 9.17) is 34.8 Å². The molecule has 2 aromatic carbocycles. The van der Waals surface area contributed by atoms with Gasteiger partial charge in [-0.1, -0.05) is 53.0 Å². The highest BCUT2D eigenvalue weighted by Gasteiger charge is 2.33. The van der Waals surface area contributed by atoms with Gasteiger partial charge in [0.15, 0.2) is 0 Å². The molecule has 1 aromatic heterocycles. The first-order valence-corrected chi connectivity index (χ1v) is 12.9. The first-order valence-electron chi connectivity index (χ1n) is 9.36. The maximum Gasteiger partial charge on any atom is 0.250 e. The van der Waals surface area contributed by atoms with E-state index in [1.54, 1.807) is 23.6 Å². The summed E-state index contributed by atoms with van der Waals surface area (Å²) >= 11 is 19.9. The first kappa shape index (κ1) is 21.9. The summed E-state index contributed by atoms with van der Waals surface area (Å²) in [4.78, 5) is 2.21. The summed E-state index contributed by atoms with van der Waals surface area (Å²) in [5, 5.41) is 3.56. The molecule has 4 rings (SSSR count). The lowest BCUT2D eigenvalue weighted by molar-refractivity contribution is 0.395. The van der Waals surface area contributed by atoms with Crippen molar-refractivity contribution in [2.45, 2.75) is 29.1 Å². The van der Waals surface area contributed by atoms with Crippen molar-refractivity contribution in [1.82, 2.24) is 4.72 Å². The van der Waals surface area contributed by atoms with Crippen LogP contribution in [-0.2, 0) is 10.0 Å². The molecule has 0 spiro atoms. The average Bonchev–Trinajstić information content (AvgIpc) is 3.25. The van der Waals surface area contributed by atoms with E-state index in [9.17, 15) is 8.42 Å². The second-order valence-electron chi connectivity index (χ2n) is 7.13. The lowest BCUT2D eigenvalue weighted by atomic mass is 9.91. The third-order valence-electron chi connectivity index (χ3n) is 5.16. The van der Waals surface area contributed by atoms with Crippen molar-refractivity contribution in [2.75, 3.05) is 11.4 Å². The molecule has 1 fully saturated rings. The van der Waals surface area contributed by atoms with Crippen LogP contribution in [0.2, 0.25) is 15.1 Å². The van der Waals surface area contributed by atoms with E-state index in [1.807, 2.05) is 36.4 Å². The molecule has 4 nitrogen and oxygen atoms in total. The monoisotopic (exact) mass is 500 g/mol. The SMILES string of the molecule is O=S(=O)(NC1CCN(c2ccc(Cl)cc2Cl)C(c2ccc(Cl)cc2)C1)c1cccs1. The number of benzene rings is 2. The molecular weight excluding hydrogens is 483 g/mol. The zero-order valence-electron chi connectivity index (χ0n) is 15.8. The Morgan fingerprint density at radius 3 is 2.40 bits per heavy atom. The van der Waals surface area contributed by atoms with E-state index in [-0.39, 0.29) is 12.1 Å². The number of sulfonamides is 1. The predicted molar refractivity (Wildman–Crippen MR) is 126 cm³/mol. The van der Waals surface area contributed by atoms with Crippen LogP contribution in [0.15, 0.2) is 64.2 Å². The normalized spacial score (nSPS) is 19.8. The van der Waals surface area contributed by atoms with Crippen molar-refractivity contribution >= 4 is 61.9 Å². The Morgan fingerprint density at radius 1 is 1.00 bits per heavy atom. The van der Waals surface area contributed by atoms with Gasteiger partial charge in [-0.25, -0.2) is 13.1 Å². The van der Waals surface area contributed by atoms with Crippen LogP contribution in [0, 0.1) is 0 Å². The molecule has 2 atom stereocenters.